The Hall–Kier alpha value is -1.00. The molecule has 1 aromatic carbocycles. The highest BCUT2D eigenvalue weighted by Gasteiger charge is 2.04. The van der Waals surface area contributed by atoms with E-state index in [0.29, 0.717) is 6.42 Å². The molecule has 1 unspecified atom stereocenters. The van der Waals surface area contributed by atoms with E-state index in [4.69, 9.17) is 16.9 Å². The van der Waals surface area contributed by atoms with Gasteiger partial charge in [0.2, 0.25) is 0 Å². The number of alkyl halides is 1. The number of aryl methyl sites for hydroxylation is 2. The van der Waals surface area contributed by atoms with Gasteiger partial charge in [0.15, 0.2) is 0 Å². The van der Waals surface area contributed by atoms with Crippen LogP contribution in [-0.2, 0) is 6.42 Å². The van der Waals surface area contributed by atoms with Crippen LogP contribution in [0.2, 0.25) is 0 Å². The molecule has 0 radical (unpaired) electrons. The van der Waals surface area contributed by atoms with Crippen molar-refractivity contribution < 1.29 is 0 Å². The molecule has 0 aliphatic carbocycles. The molecule has 1 nitrogen and oxygen atoms in total. The van der Waals surface area contributed by atoms with Crippen LogP contribution in [0.15, 0.2) is 18.2 Å². The molecule has 0 fully saturated rings. The summed E-state index contributed by atoms with van der Waals surface area (Å²) in [6, 6.07) is 8.27. The fourth-order valence-electron chi connectivity index (χ4n) is 1.44. The lowest BCUT2D eigenvalue weighted by molar-refractivity contribution is 1.01. The summed E-state index contributed by atoms with van der Waals surface area (Å²) in [7, 11) is 0. The maximum atomic E-state index is 8.55. The van der Waals surface area contributed by atoms with Crippen LogP contribution in [0.4, 0.5) is 0 Å². The van der Waals surface area contributed by atoms with Crippen LogP contribution in [0.1, 0.15) is 16.7 Å². The molecule has 0 bridgehead atoms. The summed E-state index contributed by atoms with van der Waals surface area (Å²) < 4.78 is 0. The van der Waals surface area contributed by atoms with Crippen LogP contribution in [-0.4, -0.2) is 5.38 Å². The second-order valence-corrected chi connectivity index (χ2v) is 3.82. The molecule has 1 aromatic rings. The molecule has 0 saturated heterocycles. The minimum Gasteiger partial charge on any atom is -0.197 e. The zero-order valence-electron chi connectivity index (χ0n) is 7.84. The van der Waals surface area contributed by atoms with Crippen molar-refractivity contribution in [3.05, 3.63) is 34.9 Å². The molecule has 1 rings (SSSR count). The Morgan fingerprint density at radius 1 is 1.31 bits per heavy atom. The van der Waals surface area contributed by atoms with Gasteiger partial charge in [0.25, 0.3) is 0 Å². The second-order valence-electron chi connectivity index (χ2n) is 3.30. The van der Waals surface area contributed by atoms with Gasteiger partial charge in [-0.25, -0.2) is 0 Å². The summed E-state index contributed by atoms with van der Waals surface area (Å²) in [5.74, 6) is 0. The Kier molecular flexibility index (Phi) is 3.33. The van der Waals surface area contributed by atoms with Crippen LogP contribution in [0.3, 0.4) is 0 Å². The zero-order valence-corrected chi connectivity index (χ0v) is 8.60. The van der Waals surface area contributed by atoms with Gasteiger partial charge in [0.05, 0.1) is 6.07 Å². The quantitative estimate of drug-likeness (QED) is 0.663. The number of benzene rings is 1. The van der Waals surface area contributed by atoms with Gasteiger partial charge in [-0.1, -0.05) is 29.3 Å². The van der Waals surface area contributed by atoms with E-state index >= 15 is 0 Å². The van der Waals surface area contributed by atoms with Crippen molar-refractivity contribution in [3.8, 4) is 6.07 Å². The summed E-state index contributed by atoms with van der Waals surface area (Å²) in [6.07, 6.45) is 0.626. The van der Waals surface area contributed by atoms with E-state index in [-0.39, 0.29) is 0 Å². The molecule has 0 N–H and O–H groups in total. The van der Waals surface area contributed by atoms with Gasteiger partial charge in [-0.2, -0.15) is 5.26 Å². The van der Waals surface area contributed by atoms with Gasteiger partial charge in [-0.15, -0.1) is 11.6 Å². The summed E-state index contributed by atoms with van der Waals surface area (Å²) in [4.78, 5) is 0. The predicted octanol–water partition coefficient (Wildman–Crippen LogP) is 2.98. The summed E-state index contributed by atoms with van der Waals surface area (Å²) in [5, 5.41) is 8.14. The lowest BCUT2D eigenvalue weighted by Gasteiger charge is -2.04. The third-order valence-corrected chi connectivity index (χ3v) is 2.09. The molecule has 2 heteroatoms. The van der Waals surface area contributed by atoms with Crippen molar-refractivity contribution in [3.63, 3.8) is 0 Å². The highest BCUT2D eigenvalue weighted by atomic mass is 35.5. The first-order valence-corrected chi connectivity index (χ1v) is 4.66. The minimum absolute atomic E-state index is 0.416. The van der Waals surface area contributed by atoms with E-state index in [1.165, 1.54) is 11.1 Å². The van der Waals surface area contributed by atoms with Gasteiger partial charge in [0, 0.05) is 6.42 Å². The first-order chi connectivity index (χ1) is 6.11. The number of hydrogen-bond acceptors (Lipinski definition) is 1. The lowest BCUT2D eigenvalue weighted by Crippen LogP contribution is -2.00. The van der Waals surface area contributed by atoms with Crippen LogP contribution in [0.5, 0.6) is 0 Å². The molecule has 0 aliphatic heterocycles. The first-order valence-electron chi connectivity index (χ1n) is 4.22. The van der Waals surface area contributed by atoms with E-state index < -0.39 is 5.38 Å². The highest BCUT2D eigenvalue weighted by Crippen LogP contribution is 2.12. The molecule has 0 heterocycles. The topological polar surface area (TPSA) is 23.8 Å². The van der Waals surface area contributed by atoms with Crippen LogP contribution < -0.4 is 0 Å². The molecule has 0 saturated carbocycles. The molecule has 0 amide bonds. The fraction of sp³-hybridized carbons (Fsp3) is 0.364. The Labute approximate surface area is 84.0 Å². The van der Waals surface area contributed by atoms with E-state index in [1.54, 1.807) is 0 Å². The number of rotatable bonds is 2. The normalized spacial score (nSPS) is 12.2. The standard InChI is InChI=1S/C11H12ClN/c1-8-3-9(2)5-10(4-8)6-11(12)7-13/h3-5,11H,6H2,1-2H3. The van der Waals surface area contributed by atoms with Crippen molar-refractivity contribution in [2.45, 2.75) is 25.6 Å². The van der Waals surface area contributed by atoms with Gasteiger partial charge in [-0.05, 0) is 19.4 Å². The van der Waals surface area contributed by atoms with Crippen LogP contribution in [0, 0.1) is 25.2 Å². The van der Waals surface area contributed by atoms with Crippen molar-refractivity contribution in [1.29, 1.82) is 5.26 Å². The first kappa shape index (κ1) is 10.1. The maximum Gasteiger partial charge on any atom is 0.124 e. The number of nitriles is 1. The second kappa shape index (κ2) is 4.30. The van der Waals surface area contributed by atoms with Gasteiger partial charge >= 0.3 is 0 Å². The summed E-state index contributed by atoms with van der Waals surface area (Å²) >= 11 is 5.74. The summed E-state index contributed by atoms with van der Waals surface area (Å²) in [5.41, 5.74) is 3.58. The van der Waals surface area contributed by atoms with Crippen LogP contribution >= 0.6 is 11.6 Å². The van der Waals surface area contributed by atoms with Crippen molar-refractivity contribution >= 4 is 11.6 Å². The molecule has 13 heavy (non-hydrogen) atoms. The fourth-order valence-corrected chi connectivity index (χ4v) is 1.62. The third-order valence-electron chi connectivity index (χ3n) is 1.84. The highest BCUT2D eigenvalue weighted by molar-refractivity contribution is 6.22. The van der Waals surface area contributed by atoms with E-state index in [1.807, 2.05) is 19.9 Å². The van der Waals surface area contributed by atoms with Crippen molar-refractivity contribution in [2.24, 2.45) is 0 Å². The molecule has 68 valence electrons. The third kappa shape index (κ3) is 3.08. The van der Waals surface area contributed by atoms with Crippen molar-refractivity contribution in [2.75, 3.05) is 0 Å². The Morgan fingerprint density at radius 2 is 1.85 bits per heavy atom. The smallest absolute Gasteiger partial charge is 0.124 e. The van der Waals surface area contributed by atoms with Crippen molar-refractivity contribution in [1.82, 2.24) is 0 Å². The lowest BCUT2D eigenvalue weighted by atomic mass is 10.0. The molecule has 1 atom stereocenters. The number of hydrogen-bond donors (Lipinski definition) is 0. The zero-order chi connectivity index (χ0) is 9.84. The average Bonchev–Trinajstić information content (AvgIpc) is 2.02. The Morgan fingerprint density at radius 3 is 2.31 bits per heavy atom. The predicted molar refractivity (Wildman–Crippen MR) is 54.9 cm³/mol. The maximum absolute atomic E-state index is 8.55. The van der Waals surface area contributed by atoms with Gasteiger partial charge in [0.1, 0.15) is 5.38 Å². The molecular weight excluding hydrogens is 182 g/mol. The molecular formula is C11H12ClN. The van der Waals surface area contributed by atoms with E-state index in [9.17, 15) is 0 Å². The number of nitrogens with zero attached hydrogens (tertiary/aromatic N) is 1. The summed E-state index contributed by atoms with van der Waals surface area (Å²) in [6.45, 7) is 4.10. The van der Waals surface area contributed by atoms with E-state index in [2.05, 4.69) is 18.2 Å². The van der Waals surface area contributed by atoms with Gasteiger partial charge in [-0.3, -0.25) is 0 Å². The largest absolute Gasteiger partial charge is 0.197 e. The minimum atomic E-state index is -0.416. The molecule has 0 aromatic heterocycles. The Bertz CT molecular complexity index is 318. The monoisotopic (exact) mass is 193 g/mol. The number of halogens is 1. The average molecular weight is 194 g/mol. The molecule has 0 aliphatic rings. The Balaban J connectivity index is 2.84. The molecule has 0 spiro atoms. The van der Waals surface area contributed by atoms with Gasteiger partial charge < -0.3 is 0 Å². The SMILES string of the molecule is Cc1cc(C)cc(CC(Cl)C#N)c1. The van der Waals surface area contributed by atoms with Crippen LogP contribution in [0.25, 0.3) is 0 Å². The van der Waals surface area contributed by atoms with E-state index in [0.717, 1.165) is 5.56 Å².